The molecule has 1 heterocycles. The predicted octanol–water partition coefficient (Wildman–Crippen LogP) is 3.08. The molecule has 0 atom stereocenters. The third-order valence-corrected chi connectivity index (χ3v) is 6.63. The maximum absolute atomic E-state index is 12.3. The Kier molecular flexibility index (Phi) is 5.10. The summed E-state index contributed by atoms with van der Waals surface area (Å²) in [4.78, 5) is 15.4. The van der Waals surface area contributed by atoms with Gasteiger partial charge in [0.1, 0.15) is 11.5 Å². The highest BCUT2D eigenvalue weighted by molar-refractivity contribution is 7.89. The van der Waals surface area contributed by atoms with Crippen molar-refractivity contribution in [3.63, 3.8) is 0 Å². The van der Waals surface area contributed by atoms with Gasteiger partial charge in [0.25, 0.3) is 5.69 Å². The van der Waals surface area contributed by atoms with Crippen molar-refractivity contribution < 1.29 is 13.3 Å². The van der Waals surface area contributed by atoms with Crippen LogP contribution >= 0.6 is 0 Å². The first-order valence-corrected chi connectivity index (χ1v) is 10.0. The lowest BCUT2D eigenvalue weighted by Crippen LogP contribution is -2.22. The topological polar surface area (TPSA) is 98.3 Å². The summed E-state index contributed by atoms with van der Waals surface area (Å²) in [5.74, 6) is 1.07. The molecule has 9 heteroatoms. The van der Waals surface area contributed by atoms with E-state index in [1.165, 1.54) is 32.6 Å². The number of hydrogen-bond donors (Lipinski definition) is 0. The first-order valence-electron chi connectivity index (χ1n) is 8.57. The SMILES string of the molecule is CN(C)S(=O)(=O)c1ccc(-n2ccnc2C2CCCCC2)c([N+](=O)[O-])c1. The first-order chi connectivity index (χ1) is 12.3. The van der Waals surface area contributed by atoms with Crippen LogP contribution in [-0.2, 0) is 10.0 Å². The highest BCUT2D eigenvalue weighted by Gasteiger charge is 2.27. The average molecular weight is 378 g/mol. The van der Waals surface area contributed by atoms with Crippen molar-refractivity contribution in [2.75, 3.05) is 14.1 Å². The van der Waals surface area contributed by atoms with E-state index in [1.807, 2.05) is 0 Å². The summed E-state index contributed by atoms with van der Waals surface area (Å²) in [6, 6.07) is 4.01. The molecule has 0 amide bonds. The van der Waals surface area contributed by atoms with E-state index in [0.717, 1.165) is 41.9 Å². The standard InChI is InChI=1S/C17H22N4O4S/c1-19(2)26(24,25)14-8-9-15(16(12-14)21(22)23)20-11-10-18-17(20)13-6-4-3-5-7-13/h8-13H,3-7H2,1-2H3. The number of hydrogen-bond acceptors (Lipinski definition) is 5. The summed E-state index contributed by atoms with van der Waals surface area (Å²) >= 11 is 0. The first kappa shape index (κ1) is 18.5. The summed E-state index contributed by atoms with van der Waals surface area (Å²) in [6.45, 7) is 0. The Labute approximate surface area is 152 Å². The Balaban J connectivity index is 2.09. The molecule has 2 aromatic rings. The van der Waals surface area contributed by atoms with Crippen LogP contribution in [-0.4, -0.2) is 41.3 Å². The Bertz CT molecular complexity index is 915. The number of nitrogens with zero attached hydrogens (tertiary/aromatic N) is 4. The van der Waals surface area contributed by atoms with Gasteiger partial charge in [0.15, 0.2) is 0 Å². The summed E-state index contributed by atoms with van der Waals surface area (Å²) in [7, 11) is -0.955. The van der Waals surface area contributed by atoms with E-state index in [9.17, 15) is 18.5 Å². The molecule has 8 nitrogen and oxygen atoms in total. The molecular weight excluding hydrogens is 356 g/mol. The molecule has 3 rings (SSSR count). The van der Waals surface area contributed by atoms with Crippen LogP contribution in [0, 0.1) is 10.1 Å². The van der Waals surface area contributed by atoms with Gasteiger partial charge in [-0.1, -0.05) is 19.3 Å². The fourth-order valence-corrected chi connectivity index (χ4v) is 4.33. The zero-order valence-electron chi connectivity index (χ0n) is 14.8. The third kappa shape index (κ3) is 3.36. The van der Waals surface area contributed by atoms with E-state index >= 15 is 0 Å². The van der Waals surface area contributed by atoms with Crippen molar-refractivity contribution >= 4 is 15.7 Å². The second-order valence-corrected chi connectivity index (χ2v) is 8.84. The van der Waals surface area contributed by atoms with E-state index in [2.05, 4.69) is 4.98 Å². The lowest BCUT2D eigenvalue weighted by atomic mass is 9.88. The van der Waals surface area contributed by atoms with E-state index in [1.54, 1.807) is 17.0 Å². The maximum Gasteiger partial charge on any atom is 0.294 e. The zero-order chi connectivity index (χ0) is 18.9. The van der Waals surface area contributed by atoms with E-state index in [-0.39, 0.29) is 16.5 Å². The highest BCUT2D eigenvalue weighted by Crippen LogP contribution is 2.35. The number of nitro groups is 1. The molecule has 0 unspecified atom stereocenters. The van der Waals surface area contributed by atoms with E-state index < -0.39 is 14.9 Å². The van der Waals surface area contributed by atoms with Gasteiger partial charge in [-0.2, -0.15) is 0 Å². The minimum atomic E-state index is -3.75. The summed E-state index contributed by atoms with van der Waals surface area (Å²) < 4.78 is 27.4. The molecule has 140 valence electrons. The van der Waals surface area contributed by atoms with Gasteiger partial charge in [0.2, 0.25) is 10.0 Å². The van der Waals surface area contributed by atoms with Crippen LogP contribution in [0.3, 0.4) is 0 Å². The molecule has 0 N–H and O–H groups in total. The normalized spacial score (nSPS) is 16.1. The lowest BCUT2D eigenvalue weighted by Gasteiger charge is -2.22. The Morgan fingerprint density at radius 3 is 2.54 bits per heavy atom. The van der Waals surface area contributed by atoms with Crippen LogP contribution in [0.4, 0.5) is 5.69 Å². The van der Waals surface area contributed by atoms with Gasteiger partial charge in [0, 0.05) is 38.5 Å². The summed E-state index contributed by atoms with van der Waals surface area (Å²) in [6.07, 6.45) is 8.81. The molecule has 1 saturated carbocycles. The number of imidazole rings is 1. The molecule has 1 aromatic carbocycles. The maximum atomic E-state index is 12.3. The highest BCUT2D eigenvalue weighted by atomic mass is 32.2. The second kappa shape index (κ2) is 7.16. The van der Waals surface area contributed by atoms with E-state index in [0.29, 0.717) is 5.69 Å². The Morgan fingerprint density at radius 2 is 1.92 bits per heavy atom. The van der Waals surface area contributed by atoms with Crippen LogP contribution in [0.25, 0.3) is 5.69 Å². The Morgan fingerprint density at radius 1 is 1.23 bits per heavy atom. The van der Waals surface area contributed by atoms with Gasteiger partial charge in [-0.25, -0.2) is 17.7 Å². The van der Waals surface area contributed by atoms with Crippen LogP contribution in [0.2, 0.25) is 0 Å². The van der Waals surface area contributed by atoms with Crippen LogP contribution < -0.4 is 0 Å². The molecule has 1 aliphatic rings. The van der Waals surface area contributed by atoms with Gasteiger partial charge < -0.3 is 0 Å². The van der Waals surface area contributed by atoms with Gasteiger partial charge >= 0.3 is 0 Å². The molecule has 1 fully saturated rings. The van der Waals surface area contributed by atoms with Gasteiger partial charge in [-0.05, 0) is 25.0 Å². The largest absolute Gasteiger partial charge is 0.297 e. The monoisotopic (exact) mass is 378 g/mol. The Hall–Kier alpha value is -2.26. The lowest BCUT2D eigenvalue weighted by molar-refractivity contribution is -0.384. The van der Waals surface area contributed by atoms with E-state index in [4.69, 9.17) is 0 Å². The predicted molar refractivity (Wildman–Crippen MR) is 96.9 cm³/mol. The van der Waals surface area contributed by atoms with Gasteiger partial charge in [-0.15, -0.1) is 0 Å². The molecule has 26 heavy (non-hydrogen) atoms. The average Bonchev–Trinajstić information content (AvgIpc) is 3.11. The van der Waals surface area contributed by atoms with Crippen molar-refractivity contribution in [3.05, 3.63) is 46.5 Å². The minimum Gasteiger partial charge on any atom is -0.297 e. The third-order valence-electron chi connectivity index (χ3n) is 4.82. The summed E-state index contributed by atoms with van der Waals surface area (Å²) in [5, 5.41) is 11.6. The number of rotatable bonds is 5. The van der Waals surface area contributed by atoms with Crippen molar-refractivity contribution in [2.24, 2.45) is 0 Å². The van der Waals surface area contributed by atoms with Crippen LogP contribution in [0.1, 0.15) is 43.8 Å². The fourth-order valence-electron chi connectivity index (χ4n) is 3.41. The smallest absolute Gasteiger partial charge is 0.294 e. The van der Waals surface area contributed by atoms with Crippen LogP contribution in [0.5, 0.6) is 0 Å². The number of sulfonamides is 1. The zero-order valence-corrected chi connectivity index (χ0v) is 15.6. The molecular formula is C17H22N4O4S. The number of benzene rings is 1. The molecule has 0 aliphatic heterocycles. The van der Waals surface area contributed by atoms with Crippen molar-refractivity contribution in [1.82, 2.24) is 13.9 Å². The fraction of sp³-hybridized carbons (Fsp3) is 0.471. The van der Waals surface area contributed by atoms with Crippen molar-refractivity contribution in [3.8, 4) is 5.69 Å². The minimum absolute atomic E-state index is 0.0997. The summed E-state index contributed by atoms with van der Waals surface area (Å²) in [5.41, 5.74) is 0.0914. The number of nitro benzene ring substituents is 1. The molecule has 1 aromatic heterocycles. The molecule has 1 aliphatic carbocycles. The van der Waals surface area contributed by atoms with Gasteiger partial charge in [-0.3, -0.25) is 14.7 Å². The van der Waals surface area contributed by atoms with Crippen molar-refractivity contribution in [2.45, 2.75) is 42.9 Å². The van der Waals surface area contributed by atoms with Crippen molar-refractivity contribution in [1.29, 1.82) is 0 Å². The molecule has 0 saturated heterocycles. The molecule has 0 radical (unpaired) electrons. The van der Waals surface area contributed by atoms with Gasteiger partial charge in [0.05, 0.1) is 9.82 Å². The second-order valence-electron chi connectivity index (χ2n) is 6.69. The molecule has 0 spiro atoms. The quantitative estimate of drug-likeness (QED) is 0.588. The van der Waals surface area contributed by atoms with Crippen LogP contribution in [0.15, 0.2) is 35.5 Å². The molecule has 0 bridgehead atoms. The number of aromatic nitrogens is 2.